The van der Waals surface area contributed by atoms with Crippen LogP contribution in [0.5, 0.6) is 5.75 Å². The molecule has 1 aromatic rings. The lowest BCUT2D eigenvalue weighted by molar-refractivity contribution is 0.0799. The van der Waals surface area contributed by atoms with Crippen molar-refractivity contribution in [2.45, 2.75) is 19.1 Å². The molecule has 100 valence electrons. The van der Waals surface area contributed by atoms with Gasteiger partial charge in [-0.25, -0.2) is 4.84 Å². The van der Waals surface area contributed by atoms with Gasteiger partial charge in [-0.3, -0.25) is 4.79 Å². The molecule has 0 saturated carbocycles. The summed E-state index contributed by atoms with van der Waals surface area (Å²) >= 11 is 5.57. The highest BCUT2D eigenvalue weighted by molar-refractivity contribution is 6.17. The highest BCUT2D eigenvalue weighted by Crippen LogP contribution is 2.28. The quantitative estimate of drug-likeness (QED) is 0.662. The van der Waals surface area contributed by atoms with E-state index in [0.29, 0.717) is 17.9 Å². The molecule has 0 amide bonds. The first-order valence-electron chi connectivity index (χ1n) is 5.86. The lowest BCUT2D eigenvalue weighted by atomic mass is 9.96. The van der Waals surface area contributed by atoms with Crippen molar-refractivity contribution in [3.8, 4) is 17.6 Å². The Labute approximate surface area is 117 Å². The van der Waals surface area contributed by atoms with E-state index in [9.17, 15) is 4.79 Å². The second-order valence-corrected chi connectivity index (χ2v) is 4.44. The Morgan fingerprint density at radius 2 is 2.32 bits per heavy atom. The van der Waals surface area contributed by atoms with Crippen LogP contribution in [-0.2, 0) is 4.74 Å². The number of halogens is 1. The number of rotatable bonds is 2. The van der Waals surface area contributed by atoms with Gasteiger partial charge in [-0.15, -0.1) is 0 Å². The largest absolute Gasteiger partial charge is 0.488 e. The van der Waals surface area contributed by atoms with Crippen molar-refractivity contribution in [3.63, 3.8) is 0 Å². The normalized spacial score (nSPS) is 21.1. The van der Waals surface area contributed by atoms with Crippen LogP contribution < -0.4 is 9.57 Å². The van der Waals surface area contributed by atoms with Gasteiger partial charge in [-0.1, -0.05) is 11.8 Å². The molecule has 1 aliphatic rings. The monoisotopic (exact) mass is 279 g/mol. The van der Waals surface area contributed by atoms with E-state index >= 15 is 0 Å². The van der Waals surface area contributed by atoms with Gasteiger partial charge in [-0.2, -0.15) is 0 Å². The van der Waals surface area contributed by atoms with Crippen LogP contribution in [0.25, 0.3) is 0 Å². The molecule has 0 bridgehead atoms. The van der Waals surface area contributed by atoms with Crippen molar-refractivity contribution in [1.29, 1.82) is 0 Å². The fourth-order valence-corrected chi connectivity index (χ4v) is 2.18. The number of nitrogens with one attached hydrogen (secondary N) is 1. The molecular formula is C14H14ClNO3. The Bertz CT molecular complexity index is 547. The second-order valence-electron chi connectivity index (χ2n) is 4.22. The Morgan fingerprint density at radius 3 is 3.00 bits per heavy atom. The first-order chi connectivity index (χ1) is 9.17. The highest BCUT2D eigenvalue weighted by atomic mass is 35.5. The molecule has 1 N–H and O–H groups in total. The molecule has 1 heterocycles. The van der Waals surface area contributed by atoms with E-state index in [1.807, 2.05) is 0 Å². The minimum Gasteiger partial charge on any atom is -0.488 e. The van der Waals surface area contributed by atoms with Crippen molar-refractivity contribution >= 4 is 17.6 Å². The van der Waals surface area contributed by atoms with Gasteiger partial charge in [0, 0.05) is 12.7 Å². The first kappa shape index (κ1) is 13.9. The summed E-state index contributed by atoms with van der Waals surface area (Å²) in [6, 6.07) is 4.72. The third kappa shape index (κ3) is 2.90. The Hall–Kier alpha value is -1.54. The number of carbonyl (C=O) groups is 1. The zero-order valence-corrected chi connectivity index (χ0v) is 11.5. The summed E-state index contributed by atoms with van der Waals surface area (Å²) in [7, 11) is 1.59. The van der Waals surface area contributed by atoms with Crippen LogP contribution in [0, 0.1) is 11.8 Å². The summed E-state index contributed by atoms with van der Waals surface area (Å²) in [6.07, 6.45) is -0.320. The molecule has 0 fully saturated rings. The SMILES string of the molecule is COCC#Cc1ccc2c(c1)OC(C)C(NCl)C2=O. The molecule has 19 heavy (non-hydrogen) atoms. The molecule has 2 rings (SSSR count). The van der Waals surface area contributed by atoms with Gasteiger partial charge < -0.3 is 9.47 Å². The number of fused-ring (bicyclic) bond motifs is 1. The summed E-state index contributed by atoms with van der Waals surface area (Å²) in [5.74, 6) is 6.27. The van der Waals surface area contributed by atoms with Crippen molar-refractivity contribution in [2.24, 2.45) is 0 Å². The average molecular weight is 280 g/mol. The van der Waals surface area contributed by atoms with Gasteiger partial charge in [0.15, 0.2) is 5.78 Å². The first-order valence-corrected chi connectivity index (χ1v) is 6.24. The fraction of sp³-hybridized carbons (Fsp3) is 0.357. The minimum absolute atomic E-state index is 0.0693. The number of Topliss-reactive ketones (excluding diaryl/α,β-unsaturated/α-hetero) is 1. The summed E-state index contributed by atoms with van der Waals surface area (Å²) in [6.45, 7) is 2.16. The van der Waals surface area contributed by atoms with Crippen LogP contribution in [0.3, 0.4) is 0 Å². The highest BCUT2D eigenvalue weighted by Gasteiger charge is 2.34. The van der Waals surface area contributed by atoms with Gasteiger partial charge in [0.25, 0.3) is 0 Å². The topological polar surface area (TPSA) is 47.6 Å². The average Bonchev–Trinajstić information content (AvgIpc) is 2.39. The third-order valence-corrected chi connectivity index (χ3v) is 3.11. The minimum atomic E-state index is -0.528. The van der Waals surface area contributed by atoms with Crippen molar-refractivity contribution in [3.05, 3.63) is 29.3 Å². The zero-order valence-electron chi connectivity index (χ0n) is 10.7. The van der Waals surface area contributed by atoms with Gasteiger partial charge in [0.1, 0.15) is 24.5 Å². The van der Waals surface area contributed by atoms with Crippen molar-refractivity contribution in [1.82, 2.24) is 4.84 Å². The lowest BCUT2D eigenvalue weighted by Crippen LogP contribution is -2.46. The van der Waals surface area contributed by atoms with Crippen LogP contribution >= 0.6 is 11.8 Å². The molecule has 0 aliphatic carbocycles. The van der Waals surface area contributed by atoms with E-state index in [2.05, 4.69) is 16.7 Å². The Balaban J connectivity index is 2.30. The van der Waals surface area contributed by atoms with Crippen LogP contribution in [0.1, 0.15) is 22.8 Å². The van der Waals surface area contributed by atoms with Gasteiger partial charge >= 0.3 is 0 Å². The molecule has 2 atom stereocenters. The van der Waals surface area contributed by atoms with Gasteiger partial charge in [0.2, 0.25) is 0 Å². The molecule has 2 unspecified atom stereocenters. The molecule has 4 nitrogen and oxygen atoms in total. The number of ketones is 1. The standard InChI is InChI=1S/C14H14ClNO3/c1-9-13(16-15)14(17)11-6-5-10(4-3-7-18-2)8-12(11)19-9/h5-6,8-9,13,16H,7H2,1-2H3. The molecule has 0 aromatic heterocycles. The molecule has 5 heteroatoms. The molecular weight excluding hydrogens is 266 g/mol. The lowest BCUT2D eigenvalue weighted by Gasteiger charge is -2.29. The van der Waals surface area contributed by atoms with E-state index in [1.54, 1.807) is 32.2 Å². The molecule has 0 saturated heterocycles. The van der Waals surface area contributed by atoms with E-state index < -0.39 is 6.04 Å². The number of carbonyl (C=O) groups excluding carboxylic acids is 1. The van der Waals surface area contributed by atoms with Crippen LogP contribution in [0.4, 0.5) is 0 Å². The maximum absolute atomic E-state index is 12.1. The number of ether oxygens (including phenoxy) is 2. The summed E-state index contributed by atoms with van der Waals surface area (Å²) in [5.41, 5.74) is 1.31. The van der Waals surface area contributed by atoms with Gasteiger partial charge in [-0.05, 0) is 36.9 Å². The van der Waals surface area contributed by atoms with Gasteiger partial charge in [0.05, 0.1) is 5.56 Å². The molecule has 0 spiro atoms. The second kappa shape index (κ2) is 6.07. The van der Waals surface area contributed by atoms with E-state index in [1.165, 1.54) is 0 Å². The van der Waals surface area contributed by atoms with E-state index in [0.717, 1.165) is 5.56 Å². The summed E-state index contributed by atoms with van der Waals surface area (Å²) in [4.78, 5) is 14.6. The van der Waals surface area contributed by atoms with E-state index in [-0.39, 0.29) is 11.9 Å². The maximum Gasteiger partial charge on any atom is 0.188 e. The van der Waals surface area contributed by atoms with E-state index in [4.69, 9.17) is 21.3 Å². The fourth-order valence-electron chi connectivity index (χ4n) is 1.90. The Kier molecular flexibility index (Phi) is 4.43. The predicted octanol–water partition coefficient (Wildman–Crippen LogP) is 1.76. The predicted molar refractivity (Wildman–Crippen MR) is 72.4 cm³/mol. The molecule has 1 aromatic carbocycles. The summed E-state index contributed by atoms with van der Waals surface area (Å²) < 4.78 is 10.5. The smallest absolute Gasteiger partial charge is 0.188 e. The van der Waals surface area contributed by atoms with Crippen LogP contribution in [-0.4, -0.2) is 31.6 Å². The molecule has 1 aliphatic heterocycles. The number of benzene rings is 1. The number of hydrogen-bond donors (Lipinski definition) is 1. The van der Waals surface area contributed by atoms with Crippen LogP contribution in [0.15, 0.2) is 18.2 Å². The van der Waals surface area contributed by atoms with Crippen molar-refractivity contribution in [2.75, 3.05) is 13.7 Å². The van der Waals surface area contributed by atoms with Crippen molar-refractivity contribution < 1.29 is 14.3 Å². The third-order valence-electron chi connectivity index (χ3n) is 2.88. The zero-order chi connectivity index (χ0) is 13.8. The maximum atomic E-state index is 12.1. The summed E-state index contributed by atoms with van der Waals surface area (Å²) in [5, 5.41) is 0. The van der Waals surface area contributed by atoms with Crippen LogP contribution in [0.2, 0.25) is 0 Å². The molecule has 0 radical (unpaired) electrons. The number of hydrogen-bond acceptors (Lipinski definition) is 4. The Morgan fingerprint density at radius 1 is 1.53 bits per heavy atom. The number of methoxy groups -OCH3 is 1.